The summed E-state index contributed by atoms with van der Waals surface area (Å²) >= 11 is 0. The molecule has 2 fully saturated rings. The van der Waals surface area contributed by atoms with E-state index in [-0.39, 0.29) is 23.2 Å². The van der Waals surface area contributed by atoms with Crippen LogP contribution in [0.3, 0.4) is 0 Å². The number of methoxy groups -OCH3 is 1. The molecule has 0 aromatic heterocycles. The number of ether oxygens (including phenoxy) is 2. The van der Waals surface area contributed by atoms with Crippen molar-refractivity contribution < 1.29 is 28.6 Å². The summed E-state index contributed by atoms with van der Waals surface area (Å²) in [5.74, 6) is -0.954. The average molecular weight is 541 g/mol. The van der Waals surface area contributed by atoms with Crippen molar-refractivity contribution in [3.8, 4) is 11.5 Å². The predicted octanol–water partition coefficient (Wildman–Crippen LogP) is 6.40. The lowest BCUT2D eigenvalue weighted by atomic mass is 9.70. The summed E-state index contributed by atoms with van der Waals surface area (Å²) in [6.45, 7) is 8.83. The number of carboxylic acids is 1. The van der Waals surface area contributed by atoms with Gasteiger partial charge in [-0.15, -0.1) is 0 Å². The number of nitrogens with one attached hydrogen (secondary N) is 2. The van der Waals surface area contributed by atoms with Crippen molar-refractivity contribution in [2.75, 3.05) is 19.0 Å². The van der Waals surface area contributed by atoms with Crippen molar-refractivity contribution in [3.05, 3.63) is 52.3 Å². The molecule has 3 N–H and O–H groups in total. The molecule has 212 valence electrons. The van der Waals surface area contributed by atoms with Gasteiger partial charge in [-0.05, 0) is 88.0 Å². The van der Waals surface area contributed by atoms with Gasteiger partial charge < -0.3 is 25.2 Å². The van der Waals surface area contributed by atoms with Crippen molar-refractivity contribution in [2.45, 2.75) is 85.3 Å². The van der Waals surface area contributed by atoms with Crippen molar-refractivity contribution in [1.29, 1.82) is 0 Å². The highest BCUT2D eigenvalue weighted by Gasteiger charge is 2.38. The van der Waals surface area contributed by atoms with Crippen molar-refractivity contribution >= 4 is 17.6 Å². The molecule has 0 bridgehead atoms. The van der Waals surface area contributed by atoms with Crippen LogP contribution in [0.5, 0.6) is 11.5 Å². The van der Waals surface area contributed by atoms with Crippen molar-refractivity contribution in [3.63, 3.8) is 0 Å². The molecule has 0 unspecified atom stereocenters. The zero-order valence-corrected chi connectivity index (χ0v) is 23.7. The largest absolute Gasteiger partial charge is 0.496 e. The van der Waals surface area contributed by atoms with Gasteiger partial charge in [0.2, 0.25) is 0 Å². The molecular weight excluding hydrogens is 499 g/mol. The minimum Gasteiger partial charge on any atom is -0.496 e. The Labute approximate surface area is 230 Å². The lowest BCUT2D eigenvalue weighted by Gasteiger charge is -2.38. The number of halogens is 1. The number of amides is 1. The molecule has 0 aliphatic heterocycles. The molecule has 0 saturated heterocycles. The van der Waals surface area contributed by atoms with E-state index in [9.17, 15) is 19.1 Å². The fourth-order valence-corrected chi connectivity index (χ4v) is 5.65. The highest BCUT2D eigenvalue weighted by Crippen LogP contribution is 2.40. The third-order valence-electron chi connectivity index (χ3n) is 8.60. The Morgan fingerprint density at radius 3 is 2.33 bits per heavy atom. The lowest BCUT2D eigenvalue weighted by molar-refractivity contribution is -0.150. The molecule has 0 radical (unpaired) electrons. The molecule has 2 saturated carbocycles. The van der Waals surface area contributed by atoms with Gasteiger partial charge in [0.05, 0.1) is 29.9 Å². The number of aryl methyl sites for hydroxylation is 2. The van der Waals surface area contributed by atoms with Gasteiger partial charge >= 0.3 is 5.97 Å². The third kappa shape index (κ3) is 6.48. The molecule has 0 spiro atoms. The summed E-state index contributed by atoms with van der Waals surface area (Å²) in [7, 11) is 1.49. The Morgan fingerprint density at radius 1 is 1.05 bits per heavy atom. The van der Waals surface area contributed by atoms with Crippen LogP contribution in [0.15, 0.2) is 24.3 Å². The number of carbonyl (C=O) groups is 2. The van der Waals surface area contributed by atoms with Gasteiger partial charge in [-0.1, -0.05) is 19.4 Å². The number of anilines is 1. The number of aliphatic carboxylic acids is 1. The number of rotatable bonds is 10. The summed E-state index contributed by atoms with van der Waals surface area (Å²) in [6, 6.07) is 6.85. The number of hydrogen-bond acceptors (Lipinski definition) is 5. The SMILES string of the molecule is COc1cc(F)c(OC2CCC(C)(C(=O)O)CC2)cc1CNc1c(C)cc(C)cc1C(=O)NCC1(C)CCC1. The quantitative estimate of drug-likeness (QED) is 0.323. The molecule has 39 heavy (non-hydrogen) atoms. The van der Waals surface area contributed by atoms with Gasteiger partial charge in [-0.3, -0.25) is 9.59 Å². The molecule has 4 rings (SSSR count). The van der Waals surface area contributed by atoms with Crippen LogP contribution >= 0.6 is 0 Å². The Morgan fingerprint density at radius 2 is 1.74 bits per heavy atom. The van der Waals surface area contributed by atoms with Crippen LogP contribution in [0.25, 0.3) is 0 Å². The Balaban J connectivity index is 1.50. The second-order valence-corrected chi connectivity index (χ2v) is 12.0. The molecule has 1 amide bonds. The van der Waals surface area contributed by atoms with E-state index in [1.165, 1.54) is 19.6 Å². The minimum atomic E-state index is -0.804. The molecule has 2 aromatic carbocycles. The maximum Gasteiger partial charge on any atom is 0.309 e. The number of carboxylic acid groups (broad SMARTS) is 1. The normalized spacial score (nSPS) is 21.9. The van der Waals surface area contributed by atoms with Crippen LogP contribution in [0.1, 0.15) is 85.8 Å². The summed E-state index contributed by atoms with van der Waals surface area (Å²) < 4.78 is 26.4. The number of benzene rings is 2. The Hall–Kier alpha value is -3.29. The van der Waals surface area contributed by atoms with E-state index in [1.54, 1.807) is 13.0 Å². The van der Waals surface area contributed by atoms with Crippen molar-refractivity contribution in [2.24, 2.45) is 10.8 Å². The maximum absolute atomic E-state index is 14.9. The number of carbonyl (C=O) groups excluding carboxylic acids is 1. The van der Waals surface area contributed by atoms with E-state index in [4.69, 9.17) is 9.47 Å². The standard InChI is InChI=1S/C31H41FN2O5/c1-19-13-20(2)27(23(14-19)28(35)34-18-30(3)9-6-10-30)33-17-21-15-26(24(32)16-25(21)38-5)39-22-7-11-31(4,12-8-22)29(36)37/h13-16,22,33H,6-12,17-18H2,1-5H3,(H,34,35)(H,36,37). The molecule has 2 aliphatic rings. The van der Waals surface area contributed by atoms with Crippen molar-refractivity contribution in [1.82, 2.24) is 5.32 Å². The van der Waals surface area contributed by atoms with Crippen LogP contribution in [-0.4, -0.2) is 36.7 Å². The van der Waals surface area contributed by atoms with E-state index >= 15 is 0 Å². The minimum absolute atomic E-state index is 0.113. The molecule has 7 nitrogen and oxygen atoms in total. The van der Waals surface area contributed by atoms with Crippen LogP contribution in [0, 0.1) is 30.5 Å². The topological polar surface area (TPSA) is 96.9 Å². The molecule has 8 heteroatoms. The first-order chi connectivity index (χ1) is 18.4. The second kappa shape index (κ2) is 11.4. The van der Waals surface area contributed by atoms with Gasteiger partial charge in [0.1, 0.15) is 5.75 Å². The zero-order valence-electron chi connectivity index (χ0n) is 23.7. The molecule has 0 heterocycles. The zero-order chi connectivity index (χ0) is 28.4. The molecule has 0 atom stereocenters. The maximum atomic E-state index is 14.9. The van der Waals surface area contributed by atoms with E-state index in [0.717, 1.165) is 29.7 Å². The monoisotopic (exact) mass is 540 g/mol. The summed E-state index contributed by atoms with van der Waals surface area (Å²) in [4.78, 5) is 24.8. The Kier molecular flexibility index (Phi) is 8.42. The van der Waals surface area contributed by atoms with E-state index in [0.29, 0.717) is 55.6 Å². The molecule has 2 aromatic rings. The van der Waals surface area contributed by atoms with Gasteiger partial charge in [0.15, 0.2) is 11.6 Å². The smallest absolute Gasteiger partial charge is 0.309 e. The summed E-state index contributed by atoms with van der Waals surface area (Å²) in [6.07, 6.45) is 5.25. The Bertz CT molecular complexity index is 1230. The fraction of sp³-hybridized carbons (Fsp3) is 0.548. The van der Waals surface area contributed by atoms with E-state index < -0.39 is 17.2 Å². The van der Waals surface area contributed by atoms with Gasteiger partial charge in [0, 0.05) is 24.7 Å². The van der Waals surface area contributed by atoms with E-state index in [1.807, 2.05) is 26.0 Å². The second-order valence-electron chi connectivity index (χ2n) is 12.0. The van der Waals surface area contributed by atoms with Gasteiger partial charge in [-0.25, -0.2) is 4.39 Å². The first-order valence-corrected chi connectivity index (χ1v) is 13.8. The molecule has 2 aliphatic carbocycles. The third-order valence-corrected chi connectivity index (χ3v) is 8.60. The average Bonchev–Trinajstić information content (AvgIpc) is 2.87. The van der Waals surface area contributed by atoms with E-state index in [2.05, 4.69) is 17.6 Å². The molecular formula is C31H41FN2O5. The summed E-state index contributed by atoms with van der Waals surface area (Å²) in [5, 5.41) is 16.0. The van der Waals surface area contributed by atoms with Crippen LogP contribution in [0.4, 0.5) is 10.1 Å². The van der Waals surface area contributed by atoms with Crippen LogP contribution in [0.2, 0.25) is 0 Å². The first-order valence-electron chi connectivity index (χ1n) is 13.8. The number of hydrogen-bond donors (Lipinski definition) is 3. The van der Waals surface area contributed by atoms with Gasteiger partial charge in [-0.2, -0.15) is 0 Å². The highest BCUT2D eigenvalue weighted by molar-refractivity contribution is 6.00. The lowest BCUT2D eigenvalue weighted by Crippen LogP contribution is -2.40. The first kappa shape index (κ1) is 28.7. The predicted molar refractivity (Wildman–Crippen MR) is 149 cm³/mol. The van der Waals surface area contributed by atoms with Crippen LogP contribution in [-0.2, 0) is 11.3 Å². The fourth-order valence-electron chi connectivity index (χ4n) is 5.65. The van der Waals surface area contributed by atoms with Crippen LogP contribution < -0.4 is 20.1 Å². The highest BCUT2D eigenvalue weighted by atomic mass is 19.1. The van der Waals surface area contributed by atoms with Gasteiger partial charge in [0.25, 0.3) is 5.91 Å². The summed E-state index contributed by atoms with van der Waals surface area (Å²) in [5.41, 5.74) is 3.34.